The Hall–Kier alpha value is -1.02. The highest BCUT2D eigenvalue weighted by atomic mass is 15.2. The van der Waals surface area contributed by atoms with Gasteiger partial charge in [0.25, 0.3) is 0 Å². The van der Waals surface area contributed by atoms with Gasteiger partial charge in [-0.1, -0.05) is 6.07 Å². The molecule has 1 N–H and O–H groups in total. The molecule has 0 spiro atoms. The zero-order valence-corrected chi connectivity index (χ0v) is 11.5. The zero-order chi connectivity index (χ0) is 12.5. The number of benzene rings is 1. The van der Waals surface area contributed by atoms with Gasteiger partial charge < -0.3 is 10.2 Å². The van der Waals surface area contributed by atoms with E-state index in [-0.39, 0.29) is 5.54 Å². The molecule has 2 rings (SSSR count). The monoisotopic (exact) mass is 232 g/mol. The second kappa shape index (κ2) is 4.69. The average molecular weight is 232 g/mol. The lowest BCUT2D eigenvalue weighted by molar-refractivity contribution is 0.462. The maximum Gasteiger partial charge on any atom is 0.0470 e. The minimum absolute atomic E-state index is 0.193. The molecule has 0 atom stereocenters. The van der Waals surface area contributed by atoms with E-state index in [1.807, 2.05) is 0 Å². The molecular weight excluding hydrogens is 208 g/mol. The normalized spacial score (nSPS) is 20.1. The Kier molecular flexibility index (Phi) is 3.43. The highest BCUT2D eigenvalue weighted by Gasteiger charge is 2.28. The summed E-state index contributed by atoms with van der Waals surface area (Å²) in [5.74, 6) is 0. The number of anilines is 1. The smallest absolute Gasteiger partial charge is 0.0470 e. The Bertz CT molecular complexity index is 396. The van der Waals surface area contributed by atoms with Gasteiger partial charge in [0.15, 0.2) is 0 Å². The first-order chi connectivity index (χ1) is 8.00. The van der Waals surface area contributed by atoms with Crippen molar-refractivity contribution in [3.63, 3.8) is 0 Å². The molecule has 1 saturated heterocycles. The summed E-state index contributed by atoms with van der Waals surface area (Å²) in [5, 5.41) is 3.52. The Balaban J connectivity index is 2.32. The van der Waals surface area contributed by atoms with E-state index in [4.69, 9.17) is 0 Å². The quantitative estimate of drug-likeness (QED) is 0.801. The van der Waals surface area contributed by atoms with Gasteiger partial charge in [-0.3, -0.25) is 0 Å². The third kappa shape index (κ3) is 2.63. The van der Waals surface area contributed by atoms with Crippen molar-refractivity contribution in [1.29, 1.82) is 0 Å². The van der Waals surface area contributed by atoms with Crippen LogP contribution in [0.2, 0.25) is 0 Å². The molecule has 0 aliphatic carbocycles. The molecule has 17 heavy (non-hydrogen) atoms. The fourth-order valence-corrected chi connectivity index (χ4v) is 2.53. The molecule has 1 aromatic rings. The summed E-state index contributed by atoms with van der Waals surface area (Å²) in [5.41, 5.74) is 4.31. The first-order valence-electron chi connectivity index (χ1n) is 6.56. The lowest BCUT2D eigenvalue weighted by Gasteiger charge is -2.39. The van der Waals surface area contributed by atoms with Crippen LogP contribution in [0.5, 0.6) is 0 Å². The SMILES string of the molecule is Cc1ccc(N2CCCNCC2(C)C)cc1C. The fraction of sp³-hybridized carbons (Fsp3) is 0.600. The second-order valence-corrected chi connectivity index (χ2v) is 5.76. The van der Waals surface area contributed by atoms with E-state index in [0.29, 0.717) is 0 Å². The van der Waals surface area contributed by atoms with E-state index in [0.717, 1.165) is 19.6 Å². The number of hydrogen-bond acceptors (Lipinski definition) is 2. The molecule has 0 radical (unpaired) electrons. The number of nitrogens with zero attached hydrogens (tertiary/aromatic N) is 1. The van der Waals surface area contributed by atoms with Crippen LogP contribution < -0.4 is 10.2 Å². The first-order valence-corrected chi connectivity index (χ1v) is 6.56. The average Bonchev–Trinajstić information content (AvgIpc) is 2.43. The van der Waals surface area contributed by atoms with Crippen LogP contribution in [-0.4, -0.2) is 25.2 Å². The molecule has 2 nitrogen and oxygen atoms in total. The maximum absolute atomic E-state index is 3.52. The Morgan fingerprint density at radius 2 is 1.94 bits per heavy atom. The molecule has 1 heterocycles. The molecule has 0 aromatic heterocycles. The van der Waals surface area contributed by atoms with Crippen molar-refractivity contribution >= 4 is 5.69 Å². The van der Waals surface area contributed by atoms with Crippen molar-refractivity contribution in [3.05, 3.63) is 29.3 Å². The van der Waals surface area contributed by atoms with Crippen LogP contribution in [-0.2, 0) is 0 Å². The summed E-state index contributed by atoms with van der Waals surface area (Å²) >= 11 is 0. The largest absolute Gasteiger partial charge is 0.365 e. The number of nitrogens with one attached hydrogen (secondary N) is 1. The highest BCUT2D eigenvalue weighted by Crippen LogP contribution is 2.27. The molecule has 2 heteroatoms. The summed E-state index contributed by atoms with van der Waals surface area (Å²) in [6, 6.07) is 6.82. The van der Waals surface area contributed by atoms with Crippen molar-refractivity contribution in [3.8, 4) is 0 Å². The number of hydrogen-bond donors (Lipinski definition) is 1. The highest BCUT2D eigenvalue weighted by molar-refractivity contribution is 5.52. The summed E-state index contributed by atoms with van der Waals surface area (Å²) in [6.07, 6.45) is 1.22. The lowest BCUT2D eigenvalue weighted by atomic mass is 10.0. The van der Waals surface area contributed by atoms with Crippen LogP contribution in [0.3, 0.4) is 0 Å². The van der Waals surface area contributed by atoms with E-state index in [1.54, 1.807) is 0 Å². The van der Waals surface area contributed by atoms with Gasteiger partial charge in [0.2, 0.25) is 0 Å². The third-order valence-corrected chi connectivity index (χ3v) is 3.83. The van der Waals surface area contributed by atoms with Crippen LogP contribution in [0.15, 0.2) is 18.2 Å². The number of rotatable bonds is 1. The van der Waals surface area contributed by atoms with Crippen molar-refractivity contribution in [1.82, 2.24) is 5.32 Å². The Morgan fingerprint density at radius 1 is 1.18 bits per heavy atom. The van der Waals surface area contributed by atoms with Gasteiger partial charge in [-0.25, -0.2) is 0 Å². The Morgan fingerprint density at radius 3 is 2.65 bits per heavy atom. The van der Waals surface area contributed by atoms with Gasteiger partial charge in [0.05, 0.1) is 0 Å². The zero-order valence-electron chi connectivity index (χ0n) is 11.5. The molecule has 1 aliphatic heterocycles. The molecular formula is C15H24N2. The first kappa shape index (κ1) is 12.4. The predicted molar refractivity (Wildman–Crippen MR) is 74.8 cm³/mol. The van der Waals surface area contributed by atoms with Gasteiger partial charge >= 0.3 is 0 Å². The molecule has 0 unspecified atom stereocenters. The van der Waals surface area contributed by atoms with Gasteiger partial charge in [0, 0.05) is 24.3 Å². The van der Waals surface area contributed by atoms with Crippen molar-refractivity contribution in [2.24, 2.45) is 0 Å². The van der Waals surface area contributed by atoms with Crippen LogP contribution in [0, 0.1) is 13.8 Å². The topological polar surface area (TPSA) is 15.3 Å². The van der Waals surface area contributed by atoms with Crippen molar-refractivity contribution in [2.75, 3.05) is 24.5 Å². The summed E-state index contributed by atoms with van der Waals surface area (Å²) in [4.78, 5) is 2.54. The van der Waals surface area contributed by atoms with Crippen molar-refractivity contribution in [2.45, 2.75) is 39.7 Å². The van der Waals surface area contributed by atoms with Gasteiger partial charge in [-0.2, -0.15) is 0 Å². The van der Waals surface area contributed by atoms with Crippen molar-refractivity contribution < 1.29 is 0 Å². The molecule has 94 valence electrons. The fourth-order valence-electron chi connectivity index (χ4n) is 2.53. The van der Waals surface area contributed by atoms with E-state index in [1.165, 1.54) is 23.2 Å². The van der Waals surface area contributed by atoms with E-state index in [9.17, 15) is 0 Å². The number of aryl methyl sites for hydroxylation is 2. The van der Waals surface area contributed by atoms with Crippen LogP contribution in [0.25, 0.3) is 0 Å². The van der Waals surface area contributed by atoms with E-state index in [2.05, 4.69) is 56.1 Å². The summed E-state index contributed by atoms with van der Waals surface area (Å²) in [6.45, 7) is 12.3. The summed E-state index contributed by atoms with van der Waals surface area (Å²) < 4.78 is 0. The molecule has 1 aliphatic rings. The molecule has 0 saturated carbocycles. The lowest BCUT2D eigenvalue weighted by Crippen LogP contribution is -2.48. The van der Waals surface area contributed by atoms with Crippen LogP contribution >= 0.6 is 0 Å². The minimum atomic E-state index is 0.193. The van der Waals surface area contributed by atoms with E-state index < -0.39 is 0 Å². The summed E-state index contributed by atoms with van der Waals surface area (Å²) in [7, 11) is 0. The van der Waals surface area contributed by atoms with E-state index >= 15 is 0 Å². The predicted octanol–water partition coefficient (Wildman–Crippen LogP) is 2.88. The standard InChI is InChI=1S/C15H24N2/c1-12-6-7-14(10-13(12)2)17-9-5-8-16-11-15(17,3)4/h6-7,10,16H,5,8-9,11H2,1-4H3. The van der Waals surface area contributed by atoms with Gasteiger partial charge in [-0.15, -0.1) is 0 Å². The molecule has 0 bridgehead atoms. The maximum atomic E-state index is 3.52. The molecule has 0 amide bonds. The van der Waals surface area contributed by atoms with Crippen LogP contribution in [0.4, 0.5) is 5.69 Å². The molecule has 1 fully saturated rings. The van der Waals surface area contributed by atoms with Crippen LogP contribution in [0.1, 0.15) is 31.4 Å². The third-order valence-electron chi connectivity index (χ3n) is 3.83. The second-order valence-electron chi connectivity index (χ2n) is 5.76. The van der Waals surface area contributed by atoms with Gasteiger partial charge in [0.1, 0.15) is 0 Å². The Labute approximate surface area is 105 Å². The molecule has 1 aromatic carbocycles. The minimum Gasteiger partial charge on any atom is -0.365 e. The van der Waals surface area contributed by atoms with Gasteiger partial charge in [-0.05, 0) is 63.9 Å².